The van der Waals surface area contributed by atoms with Gasteiger partial charge in [-0.05, 0) is 6.42 Å². The fourth-order valence-corrected chi connectivity index (χ4v) is 1.69. The second-order valence-corrected chi connectivity index (χ2v) is 3.48. The van der Waals surface area contributed by atoms with Crippen LogP contribution in [0.25, 0.3) is 0 Å². The Kier molecular flexibility index (Phi) is 4.31. The molecule has 0 bridgehead atoms. The Morgan fingerprint density at radius 3 is 1.88 bits per heavy atom. The molecule has 1 heterocycles. The number of nitrogens with zero attached hydrogens (tertiary/aromatic N) is 5. The van der Waals surface area contributed by atoms with Crippen LogP contribution >= 0.6 is 0 Å². The Morgan fingerprint density at radius 2 is 1.44 bits per heavy atom. The highest BCUT2D eigenvalue weighted by molar-refractivity contribution is 5.14. The van der Waals surface area contributed by atoms with E-state index in [9.17, 15) is 0 Å². The molecular weight excluding hydrogens is 202 g/mol. The van der Waals surface area contributed by atoms with Crippen molar-refractivity contribution in [2.24, 2.45) is 0 Å². The summed E-state index contributed by atoms with van der Waals surface area (Å²) in [4.78, 5) is 3.52. The molecule has 16 heavy (non-hydrogen) atoms. The Morgan fingerprint density at radius 1 is 0.938 bits per heavy atom. The average Bonchev–Trinajstić information content (AvgIpc) is 2.33. The van der Waals surface area contributed by atoms with Gasteiger partial charge in [0.1, 0.15) is 0 Å². The summed E-state index contributed by atoms with van der Waals surface area (Å²) in [5.74, 6) is 2.39. The normalized spacial score (nSPS) is 19.1. The molecule has 0 aromatic carbocycles. The van der Waals surface area contributed by atoms with Crippen LogP contribution in [0.2, 0.25) is 0 Å². The standard InChI is InChI=1S/C11H11N5/c1-2-10(6-12)15-4-3-5-16(9-15)11(7-13)8-14/h1,10-11H,3-5,9H2. The maximum Gasteiger partial charge on any atom is 0.187 e. The predicted octanol–water partition coefficient (Wildman–Crippen LogP) is -0.107. The van der Waals surface area contributed by atoms with E-state index in [1.54, 1.807) is 9.80 Å². The second kappa shape index (κ2) is 5.74. The van der Waals surface area contributed by atoms with Gasteiger partial charge in [-0.25, -0.2) is 0 Å². The lowest BCUT2D eigenvalue weighted by atomic mass is 10.2. The molecule has 1 rings (SSSR count). The minimum Gasteiger partial charge on any atom is -0.265 e. The molecule has 5 heteroatoms. The smallest absolute Gasteiger partial charge is 0.187 e. The first-order valence-corrected chi connectivity index (χ1v) is 4.90. The SMILES string of the molecule is C#CC(C#N)N1CCCN(C(C#N)C#N)C1. The summed E-state index contributed by atoms with van der Waals surface area (Å²) in [6.07, 6.45) is 6.04. The number of hydrogen-bond donors (Lipinski definition) is 0. The predicted molar refractivity (Wildman–Crippen MR) is 56.1 cm³/mol. The highest BCUT2D eigenvalue weighted by atomic mass is 15.3. The van der Waals surface area contributed by atoms with E-state index >= 15 is 0 Å². The molecule has 0 aliphatic carbocycles. The van der Waals surface area contributed by atoms with E-state index in [2.05, 4.69) is 5.92 Å². The van der Waals surface area contributed by atoms with Crippen LogP contribution in [-0.2, 0) is 0 Å². The maximum atomic E-state index is 8.83. The monoisotopic (exact) mass is 213 g/mol. The van der Waals surface area contributed by atoms with E-state index in [1.807, 2.05) is 18.2 Å². The van der Waals surface area contributed by atoms with Crippen molar-refractivity contribution in [1.29, 1.82) is 15.8 Å². The van der Waals surface area contributed by atoms with Crippen LogP contribution in [0.4, 0.5) is 0 Å². The summed E-state index contributed by atoms with van der Waals surface area (Å²) in [5, 5.41) is 26.4. The zero-order valence-electron chi connectivity index (χ0n) is 8.80. The maximum absolute atomic E-state index is 8.83. The van der Waals surface area contributed by atoms with Gasteiger partial charge in [0.2, 0.25) is 0 Å². The minimum absolute atomic E-state index is 0.397. The van der Waals surface area contributed by atoms with Gasteiger partial charge in [-0.1, -0.05) is 5.92 Å². The Hall–Kier alpha value is -2.05. The Bertz CT molecular complexity index is 336. The molecule has 1 saturated heterocycles. The fourth-order valence-electron chi connectivity index (χ4n) is 1.69. The van der Waals surface area contributed by atoms with Crippen molar-refractivity contribution in [1.82, 2.24) is 9.80 Å². The van der Waals surface area contributed by atoms with Gasteiger partial charge in [-0.15, -0.1) is 6.42 Å². The highest BCUT2D eigenvalue weighted by Crippen LogP contribution is 2.11. The zero-order valence-corrected chi connectivity index (χ0v) is 8.80. The Labute approximate surface area is 95.1 Å². The van der Waals surface area contributed by atoms with Gasteiger partial charge in [-0.3, -0.25) is 9.80 Å². The largest absolute Gasteiger partial charge is 0.265 e. The number of rotatable bonds is 2. The molecule has 1 fully saturated rings. The number of hydrogen-bond acceptors (Lipinski definition) is 5. The molecule has 0 N–H and O–H groups in total. The van der Waals surface area contributed by atoms with Crippen molar-refractivity contribution < 1.29 is 0 Å². The first kappa shape index (κ1) is 12.0. The van der Waals surface area contributed by atoms with Gasteiger partial charge in [0, 0.05) is 13.1 Å². The van der Waals surface area contributed by atoms with Crippen LogP contribution < -0.4 is 0 Å². The van der Waals surface area contributed by atoms with Gasteiger partial charge in [0.05, 0.1) is 24.9 Å². The van der Waals surface area contributed by atoms with Gasteiger partial charge >= 0.3 is 0 Å². The molecule has 0 spiro atoms. The van der Waals surface area contributed by atoms with Gasteiger partial charge in [0.25, 0.3) is 0 Å². The summed E-state index contributed by atoms with van der Waals surface area (Å²) in [6, 6.07) is 4.51. The average molecular weight is 213 g/mol. The summed E-state index contributed by atoms with van der Waals surface area (Å²) in [7, 11) is 0. The van der Waals surface area contributed by atoms with Crippen molar-refractivity contribution in [2.45, 2.75) is 18.5 Å². The van der Waals surface area contributed by atoms with E-state index < -0.39 is 12.1 Å². The van der Waals surface area contributed by atoms with Gasteiger partial charge in [-0.2, -0.15) is 15.8 Å². The van der Waals surface area contributed by atoms with Crippen LogP contribution in [0.15, 0.2) is 0 Å². The van der Waals surface area contributed by atoms with Crippen molar-refractivity contribution in [3.05, 3.63) is 0 Å². The van der Waals surface area contributed by atoms with Gasteiger partial charge in [0.15, 0.2) is 12.1 Å². The first-order chi connectivity index (χ1) is 7.76. The third kappa shape index (κ3) is 2.50. The molecule has 5 nitrogen and oxygen atoms in total. The minimum atomic E-state index is -0.764. The zero-order chi connectivity index (χ0) is 12.0. The van der Waals surface area contributed by atoms with E-state index in [0.717, 1.165) is 13.0 Å². The summed E-state index contributed by atoms with van der Waals surface area (Å²) >= 11 is 0. The van der Waals surface area contributed by atoms with E-state index in [0.29, 0.717) is 13.2 Å². The molecule has 0 amide bonds. The highest BCUT2D eigenvalue weighted by Gasteiger charge is 2.27. The van der Waals surface area contributed by atoms with Crippen LogP contribution in [-0.4, -0.2) is 41.6 Å². The molecule has 1 unspecified atom stereocenters. The molecule has 0 aromatic rings. The lowest BCUT2D eigenvalue weighted by molar-refractivity contribution is 0.0778. The van der Waals surface area contributed by atoms with E-state index in [-0.39, 0.29) is 0 Å². The van der Waals surface area contributed by atoms with Crippen LogP contribution in [0, 0.1) is 46.3 Å². The summed E-state index contributed by atoms with van der Waals surface area (Å²) < 4.78 is 0. The molecule has 0 radical (unpaired) electrons. The van der Waals surface area contributed by atoms with Crippen molar-refractivity contribution in [2.75, 3.05) is 19.8 Å². The summed E-state index contributed by atoms with van der Waals surface area (Å²) in [6.45, 7) is 1.81. The summed E-state index contributed by atoms with van der Waals surface area (Å²) in [5.41, 5.74) is 0. The van der Waals surface area contributed by atoms with E-state index in [4.69, 9.17) is 22.2 Å². The molecule has 0 aromatic heterocycles. The molecular formula is C11H11N5. The van der Waals surface area contributed by atoms with Crippen LogP contribution in [0.1, 0.15) is 6.42 Å². The van der Waals surface area contributed by atoms with Crippen LogP contribution in [0.3, 0.4) is 0 Å². The van der Waals surface area contributed by atoms with Crippen LogP contribution in [0.5, 0.6) is 0 Å². The van der Waals surface area contributed by atoms with Crippen molar-refractivity contribution >= 4 is 0 Å². The second-order valence-electron chi connectivity index (χ2n) is 3.48. The first-order valence-electron chi connectivity index (χ1n) is 4.90. The Balaban J connectivity index is 2.69. The van der Waals surface area contributed by atoms with Crippen molar-refractivity contribution in [3.8, 4) is 30.6 Å². The lowest BCUT2D eigenvalue weighted by Gasteiger charge is -2.36. The fraction of sp³-hybridized carbons (Fsp3) is 0.545. The topological polar surface area (TPSA) is 77.8 Å². The third-order valence-electron chi connectivity index (χ3n) is 2.51. The van der Waals surface area contributed by atoms with Crippen molar-refractivity contribution in [3.63, 3.8) is 0 Å². The molecule has 0 saturated carbocycles. The lowest BCUT2D eigenvalue weighted by Crippen LogP contribution is -2.51. The molecule has 1 aliphatic heterocycles. The van der Waals surface area contributed by atoms with Gasteiger partial charge < -0.3 is 0 Å². The quantitative estimate of drug-likeness (QED) is 0.598. The number of terminal acetylenes is 1. The molecule has 80 valence electrons. The molecule has 1 atom stereocenters. The third-order valence-corrected chi connectivity index (χ3v) is 2.51. The number of nitriles is 3. The molecule has 1 aliphatic rings. The van der Waals surface area contributed by atoms with E-state index in [1.165, 1.54) is 0 Å².